The summed E-state index contributed by atoms with van der Waals surface area (Å²) in [5.74, 6) is 2.17. The second-order valence-corrected chi connectivity index (χ2v) is 8.27. The summed E-state index contributed by atoms with van der Waals surface area (Å²) in [4.78, 5) is 0. The molecule has 2 aromatic carbocycles. The zero-order valence-corrected chi connectivity index (χ0v) is 16.8. The predicted octanol–water partition coefficient (Wildman–Crippen LogP) is 7.85. The Morgan fingerprint density at radius 1 is 0.542 bits per heavy atom. The standard InChI is InChI=1S/C24H34/c1-15(2)19-12-13-20(16(3)4)23(14-19)22-11-9-10-21(17(5)6)24(22)18(7)8/h9-18H,1-8H3. The van der Waals surface area contributed by atoms with Gasteiger partial charge >= 0.3 is 0 Å². The molecule has 0 saturated carbocycles. The fourth-order valence-electron chi connectivity index (χ4n) is 3.64. The van der Waals surface area contributed by atoms with Gasteiger partial charge in [0.05, 0.1) is 0 Å². The van der Waals surface area contributed by atoms with Gasteiger partial charge in [-0.2, -0.15) is 0 Å². The minimum absolute atomic E-state index is 0.529. The summed E-state index contributed by atoms with van der Waals surface area (Å²) in [5, 5.41) is 0. The third-order valence-corrected chi connectivity index (χ3v) is 5.00. The van der Waals surface area contributed by atoms with Gasteiger partial charge in [-0.3, -0.25) is 0 Å². The Labute approximate surface area is 149 Å². The lowest BCUT2D eigenvalue weighted by molar-refractivity contribution is 0.790. The van der Waals surface area contributed by atoms with E-state index in [0.717, 1.165) is 0 Å². The van der Waals surface area contributed by atoms with Crippen molar-refractivity contribution in [3.63, 3.8) is 0 Å². The Hall–Kier alpha value is -1.56. The van der Waals surface area contributed by atoms with Gasteiger partial charge in [0.25, 0.3) is 0 Å². The molecule has 0 spiro atoms. The molecule has 0 radical (unpaired) electrons. The van der Waals surface area contributed by atoms with E-state index in [1.165, 1.54) is 33.4 Å². The van der Waals surface area contributed by atoms with Crippen molar-refractivity contribution < 1.29 is 0 Å². The molecule has 0 aromatic heterocycles. The van der Waals surface area contributed by atoms with E-state index in [0.29, 0.717) is 23.7 Å². The van der Waals surface area contributed by atoms with Crippen LogP contribution in [0.3, 0.4) is 0 Å². The highest BCUT2D eigenvalue weighted by Gasteiger charge is 2.19. The molecule has 0 aliphatic carbocycles. The molecule has 0 nitrogen and oxygen atoms in total. The number of hydrogen-bond acceptors (Lipinski definition) is 0. The van der Waals surface area contributed by atoms with Gasteiger partial charge in [0.2, 0.25) is 0 Å². The van der Waals surface area contributed by atoms with Crippen molar-refractivity contribution in [2.45, 2.75) is 79.1 Å². The Morgan fingerprint density at radius 3 is 1.67 bits per heavy atom. The zero-order valence-electron chi connectivity index (χ0n) is 16.8. The minimum atomic E-state index is 0.529. The molecule has 0 N–H and O–H groups in total. The lowest BCUT2D eigenvalue weighted by atomic mass is 9.81. The summed E-state index contributed by atoms with van der Waals surface area (Å²) in [7, 11) is 0. The molecule has 0 saturated heterocycles. The molecule has 0 amide bonds. The van der Waals surface area contributed by atoms with Crippen LogP contribution in [0.25, 0.3) is 11.1 Å². The Morgan fingerprint density at radius 2 is 1.17 bits per heavy atom. The normalized spacial score (nSPS) is 12.0. The molecular formula is C24H34. The third-order valence-electron chi connectivity index (χ3n) is 5.00. The molecule has 0 heteroatoms. The van der Waals surface area contributed by atoms with Crippen LogP contribution in [0, 0.1) is 0 Å². The lowest BCUT2D eigenvalue weighted by Gasteiger charge is -2.24. The van der Waals surface area contributed by atoms with Crippen LogP contribution in [-0.2, 0) is 0 Å². The highest BCUT2D eigenvalue weighted by molar-refractivity contribution is 5.74. The molecule has 2 rings (SSSR count). The summed E-state index contributed by atoms with van der Waals surface area (Å²) in [6.45, 7) is 18.4. The van der Waals surface area contributed by atoms with Crippen LogP contribution in [0.1, 0.15) is 101 Å². The molecule has 24 heavy (non-hydrogen) atoms. The first-order chi connectivity index (χ1) is 11.2. The van der Waals surface area contributed by atoms with Crippen LogP contribution < -0.4 is 0 Å². The monoisotopic (exact) mass is 322 g/mol. The Balaban J connectivity index is 2.79. The van der Waals surface area contributed by atoms with E-state index in [1.807, 2.05) is 0 Å². The fourth-order valence-corrected chi connectivity index (χ4v) is 3.64. The third kappa shape index (κ3) is 3.74. The van der Waals surface area contributed by atoms with E-state index in [9.17, 15) is 0 Å². The molecule has 0 aliphatic heterocycles. The average molecular weight is 323 g/mol. The zero-order chi connectivity index (χ0) is 18.0. The first-order valence-corrected chi connectivity index (χ1v) is 9.51. The maximum Gasteiger partial charge on any atom is -0.0143 e. The van der Waals surface area contributed by atoms with Gasteiger partial charge in [-0.1, -0.05) is 91.8 Å². The van der Waals surface area contributed by atoms with E-state index >= 15 is 0 Å². The SMILES string of the molecule is CC(C)c1ccc(C(C)C)c(-c2cccc(C(C)C)c2C(C)C)c1. The summed E-state index contributed by atoms with van der Waals surface area (Å²) in [6.07, 6.45) is 0. The second kappa shape index (κ2) is 7.55. The van der Waals surface area contributed by atoms with Gasteiger partial charge in [-0.15, -0.1) is 0 Å². The molecular weight excluding hydrogens is 288 g/mol. The van der Waals surface area contributed by atoms with Crippen LogP contribution in [0.5, 0.6) is 0 Å². The van der Waals surface area contributed by atoms with Gasteiger partial charge in [0, 0.05) is 0 Å². The van der Waals surface area contributed by atoms with Crippen molar-refractivity contribution in [1.82, 2.24) is 0 Å². The van der Waals surface area contributed by atoms with Crippen molar-refractivity contribution in [3.8, 4) is 11.1 Å². The summed E-state index contributed by atoms with van der Waals surface area (Å²) in [5.41, 5.74) is 8.77. The van der Waals surface area contributed by atoms with Gasteiger partial charge in [0.15, 0.2) is 0 Å². The quantitative estimate of drug-likeness (QED) is 0.525. The van der Waals surface area contributed by atoms with Crippen LogP contribution in [0.4, 0.5) is 0 Å². The van der Waals surface area contributed by atoms with Crippen molar-refractivity contribution >= 4 is 0 Å². The van der Waals surface area contributed by atoms with Crippen LogP contribution in [0.2, 0.25) is 0 Å². The molecule has 0 fully saturated rings. The van der Waals surface area contributed by atoms with Gasteiger partial charge < -0.3 is 0 Å². The molecule has 0 heterocycles. The van der Waals surface area contributed by atoms with Crippen molar-refractivity contribution in [2.24, 2.45) is 0 Å². The number of benzene rings is 2. The Bertz CT molecular complexity index is 687. The van der Waals surface area contributed by atoms with Crippen molar-refractivity contribution in [2.75, 3.05) is 0 Å². The summed E-state index contributed by atoms with van der Waals surface area (Å²) in [6, 6.07) is 14.0. The number of rotatable bonds is 5. The van der Waals surface area contributed by atoms with E-state index in [4.69, 9.17) is 0 Å². The molecule has 0 aliphatic rings. The first kappa shape index (κ1) is 18.8. The largest absolute Gasteiger partial charge is 0.0613 e. The van der Waals surface area contributed by atoms with Gasteiger partial charge in [-0.05, 0) is 57.1 Å². The van der Waals surface area contributed by atoms with E-state index in [2.05, 4.69) is 91.8 Å². The van der Waals surface area contributed by atoms with Gasteiger partial charge in [0.1, 0.15) is 0 Å². The smallest absolute Gasteiger partial charge is 0.0143 e. The molecule has 2 aromatic rings. The fraction of sp³-hybridized carbons (Fsp3) is 0.500. The molecule has 0 atom stereocenters. The topological polar surface area (TPSA) is 0 Å². The molecule has 130 valence electrons. The lowest BCUT2D eigenvalue weighted by Crippen LogP contribution is -2.04. The minimum Gasteiger partial charge on any atom is -0.0613 e. The van der Waals surface area contributed by atoms with Crippen molar-refractivity contribution in [1.29, 1.82) is 0 Å². The second-order valence-electron chi connectivity index (χ2n) is 8.27. The predicted molar refractivity (Wildman–Crippen MR) is 108 cm³/mol. The molecule has 0 bridgehead atoms. The van der Waals surface area contributed by atoms with Crippen LogP contribution >= 0.6 is 0 Å². The molecule has 0 unspecified atom stereocenters. The number of hydrogen-bond donors (Lipinski definition) is 0. The maximum absolute atomic E-state index is 2.44. The summed E-state index contributed by atoms with van der Waals surface area (Å²) < 4.78 is 0. The Kier molecular flexibility index (Phi) is 5.91. The van der Waals surface area contributed by atoms with E-state index in [-0.39, 0.29) is 0 Å². The maximum atomic E-state index is 2.44. The summed E-state index contributed by atoms with van der Waals surface area (Å²) >= 11 is 0. The van der Waals surface area contributed by atoms with Crippen molar-refractivity contribution in [3.05, 3.63) is 58.7 Å². The van der Waals surface area contributed by atoms with E-state index in [1.54, 1.807) is 0 Å². The van der Waals surface area contributed by atoms with Gasteiger partial charge in [-0.25, -0.2) is 0 Å². The highest BCUT2D eigenvalue weighted by atomic mass is 14.2. The van der Waals surface area contributed by atoms with Crippen LogP contribution in [0.15, 0.2) is 36.4 Å². The highest BCUT2D eigenvalue weighted by Crippen LogP contribution is 2.39. The average Bonchev–Trinajstić information content (AvgIpc) is 2.53. The first-order valence-electron chi connectivity index (χ1n) is 9.51. The van der Waals surface area contributed by atoms with Crippen LogP contribution in [-0.4, -0.2) is 0 Å². The van der Waals surface area contributed by atoms with E-state index < -0.39 is 0 Å².